The van der Waals surface area contributed by atoms with Crippen LogP contribution >= 0.6 is 0 Å². The smallest absolute Gasteiger partial charge is 0.176 e. The van der Waals surface area contributed by atoms with Gasteiger partial charge in [-0.25, -0.2) is 0 Å². The van der Waals surface area contributed by atoms with Crippen molar-refractivity contribution >= 4 is 11.0 Å². The molecule has 2 aromatic rings. The second-order valence-electron chi connectivity index (χ2n) is 4.81. The molecular weight excluding hydrogens is 238 g/mol. The molecule has 0 bridgehead atoms. The topological polar surface area (TPSA) is 34.4 Å². The highest BCUT2D eigenvalue weighted by Gasteiger charge is 2.13. The zero-order valence-electron chi connectivity index (χ0n) is 12.1. The lowest BCUT2D eigenvalue weighted by Crippen LogP contribution is -2.13. The Hall–Kier alpha value is -1.48. The van der Waals surface area contributed by atoms with E-state index in [4.69, 9.17) is 9.15 Å². The Balaban J connectivity index is 2.27. The molecule has 0 saturated carbocycles. The fourth-order valence-electron chi connectivity index (χ4n) is 2.14. The third-order valence-electron chi connectivity index (χ3n) is 3.20. The average Bonchev–Trinajstić information content (AvgIpc) is 2.75. The van der Waals surface area contributed by atoms with Crippen molar-refractivity contribution in [3.63, 3.8) is 0 Å². The van der Waals surface area contributed by atoms with Crippen molar-refractivity contribution in [1.82, 2.24) is 5.32 Å². The Bertz CT molecular complexity index is 531. The third-order valence-corrected chi connectivity index (χ3v) is 3.20. The molecule has 0 amide bonds. The van der Waals surface area contributed by atoms with Gasteiger partial charge >= 0.3 is 0 Å². The van der Waals surface area contributed by atoms with Crippen molar-refractivity contribution in [2.75, 3.05) is 13.2 Å². The quantitative estimate of drug-likeness (QED) is 0.764. The molecule has 0 aliphatic heterocycles. The fraction of sp³-hybridized carbons (Fsp3) is 0.500. The van der Waals surface area contributed by atoms with Crippen LogP contribution in [0.3, 0.4) is 0 Å². The standard InChI is InChI=1S/C16H23NO2/c1-4-9-17-11-15-12(3)13-7-6-8-14(16(13)19-15)18-10-5-2/h6-8,17H,4-5,9-11H2,1-3H3. The normalized spacial score (nSPS) is 11.1. The lowest BCUT2D eigenvalue weighted by molar-refractivity contribution is 0.315. The van der Waals surface area contributed by atoms with Gasteiger partial charge in [-0.2, -0.15) is 0 Å². The van der Waals surface area contributed by atoms with Crippen LogP contribution in [0.2, 0.25) is 0 Å². The first kappa shape index (κ1) is 13.9. The number of aryl methyl sites for hydroxylation is 1. The molecule has 0 aliphatic rings. The Labute approximate surface area is 114 Å². The summed E-state index contributed by atoms with van der Waals surface area (Å²) in [5.74, 6) is 1.86. The lowest BCUT2D eigenvalue weighted by atomic mass is 10.1. The summed E-state index contributed by atoms with van der Waals surface area (Å²) in [4.78, 5) is 0. The molecule has 0 saturated heterocycles. The summed E-state index contributed by atoms with van der Waals surface area (Å²) in [6.45, 7) is 8.89. The van der Waals surface area contributed by atoms with Crippen LogP contribution in [0.15, 0.2) is 22.6 Å². The number of ether oxygens (including phenoxy) is 1. The zero-order chi connectivity index (χ0) is 13.7. The molecule has 0 spiro atoms. The van der Waals surface area contributed by atoms with Gasteiger partial charge < -0.3 is 14.5 Å². The SMILES string of the molecule is CCCNCc1oc2c(OCCC)cccc2c1C. The van der Waals surface area contributed by atoms with Crippen LogP contribution in [0.25, 0.3) is 11.0 Å². The molecule has 104 valence electrons. The van der Waals surface area contributed by atoms with E-state index in [2.05, 4.69) is 32.2 Å². The van der Waals surface area contributed by atoms with Crippen LogP contribution in [-0.4, -0.2) is 13.2 Å². The number of hydrogen-bond donors (Lipinski definition) is 1. The minimum absolute atomic E-state index is 0.724. The minimum atomic E-state index is 0.724. The van der Waals surface area contributed by atoms with Crippen molar-refractivity contribution in [2.45, 2.75) is 40.2 Å². The molecule has 1 aromatic heterocycles. The summed E-state index contributed by atoms with van der Waals surface area (Å²) in [5.41, 5.74) is 2.09. The van der Waals surface area contributed by atoms with Crippen molar-refractivity contribution in [3.8, 4) is 5.75 Å². The highest BCUT2D eigenvalue weighted by molar-refractivity contribution is 5.87. The van der Waals surface area contributed by atoms with Crippen molar-refractivity contribution in [1.29, 1.82) is 0 Å². The van der Waals surface area contributed by atoms with E-state index >= 15 is 0 Å². The van der Waals surface area contributed by atoms with E-state index in [9.17, 15) is 0 Å². The van der Waals surface area contributed by atoms with E-state index in [1.165, 1.54) is 5.56 Å². The number of hydrogen-bond acceptors (Lipinski definition) is 3. The van der Waals surface area contributed by atoms with Crippen LogP contribution < -0.4 is 10.1 Å². The van der Waals surface area contributed by atoms with E-state index in [1.807, 2.05) is 12.1 Å². The van der Waals surface area contributed by atoms with Crippen LogP contribution in [0, 0.1) is 6.92 Å². The summed E-state index contributed by atoms with van der Waals surface area (Å²) < 4.78 is 11.7. The van der Waals surface area contributed by atoms with E-state index in [-0.39, 0.29) is 0 Å². The molecule has 0 atom stereocenters. The van der Waals surface area contributed by atoms with Crippen molar-refractivity contribution in [2.24, 2.45) is 0 Å². The number of fused-ring (bicyclic) bond motifs is 1. The Morgan fingerprint density at radius 3 is 2.79 bits per heavy atom. The molecule has 3 heteroatoms. The number of para-hydroxylation sites is 1. The molecule has 19 heavy (non-hydrogen) atoms. The Kier molecular flexibility index (Phi) is 4.86. The molecule has 1 N–H and O–H groups in total. The zero-order valence-corrected chi connectivity index (χ0v) is 12.1. The van der Waals surface area contributed by atoms with Gasteiger partial charge in [0.05, 0.1) is 13.2 Å². The lowest BCUT2D eigenvalue weighted by Gasteiger charge is -2.04. The monoisotopic (exact) mass is 261 g/mol. The average molecular weight is 261 g/mol. The van der Waals surface area contributed by atoms with E-state index in [1.54, 1.807) is 0 Å². The summed E-state index contributed by atoms with van der Waals surface area (Å²) in [6, 6.07) is 6.10. The third kappa shape index (κ3) is 3.10. The number of benzene rings is 1. The Morgan fingerprint density at radius 2 is 2.05 bits per heavy atom. The van der Waals surface area contributed by atoms with Crippen LogP contribution in [0.5, 0.6) is 5.75 Å². The van der Waals surface area contributed by atoms with Gasteiger partial charge in [-0.15, -0.1) is 0 Å². The van der Waals surface area contributed by atoms with Gasteiger partial charge in [0.15, 0.2) is 11.3 Å². The summed E-state index contributed by atoms with van der Waals surface area (Å²) >= 11 is 0. The summed E-state index contributed by atoms with van der Waals surface area (Å²) in [5, 5.41) is 4.54. The van der Waals surface area contributed by atoms with Gasteiger partial charge in [0, 0.05) is 5.39 Å². The Morgan fingerprint density at radius 1 is 1.21 bits per heavy atom. The molecule has 0 unspecified atom stereocenters. The van der Waals surface area contributed by atoms with Gasteiger partial charge in [0.25, 0.3) is 0 Å². The maximum Gasteiger partial charge on any atom is 0.176 e. The van der Waals surface area contributed by atoms with Crippen LogP contribution in [-0.2, 0) is 6.54 Å². The molecule has 0 radical (unpaired) electrons. The van der Waals surface area contributed by atoms with Gasteiger partial charge in [0.1, 0.15) is 5.76 Å². The molecular formula is C16H23NO2. The predicted molar refractivity (Wildman–Crippen MR) is 78.7 cm³/mol. The second-order valence-corrected chi connectivity index (χ2v) is 4.81. The van der Waals surface area contributed by atoms with Crippen LogP contribution in [0.1, 0.15) is 38.0 Å². The van der Waals surface area contributed by atoms with E-state index in [0.717, 1.165) is 55.0 Å². The first-order valence-electron chi connectivity index (χ1n) is 7.12. The molecule has 0 fully saturated rings. The number of nitrogens with one attached hydrogen (secondary N) is 1. The first-order chi connectivity index (χ1) is 9.27. The summed E-state index contributed by atoms with van der Waals surface area (Å²) in [6.07, 6.45) is 2.13. The van der Waals surface area contributed by atoms with Crippen molar-refractivity contribution < 1.29 is 9.15 Å². The molecule has 3 nitrogen and oxygen atoms in total. The fourth-order valence-corrected chi connectivity index (χ4v) is 2.14. The first-order valence-corrected chi connectivity index (χ1v) is 7.12. The van der Waals surface area contributed by atoms with Gasteiger partial charge in [0.2, 0.25) is 0 Å². The number of rotatable bonds is 7. The molecule has 0 aliphatic carbocycles. The van der Waals surface area contributed by atoms with E-state index < -0.39 is 0 Å². The van der Waals surface area contributed by atoms with Gasteiger partial charge in [-0.3, -0.25) is 0 Å². The van der Waals surface area contributed by atoms with E-state index in [0.29, 0.717) is 0 Å². The second kappa shape index (κ2) is 6.62. The molecule has 1 heterocycles. The van der Waals surface area contributed by atoms with Gasteiger partial charge in [-0.05, 0) is 37.9 Å². The predicted octanol–water partition coefficient (Wildman–Crippen LogP) is 4.03. The van der Waals surface area contributed by atoms with Crippen molar-refractivity contribution in [3.05, 3.63) is 29.5 Å². The van der Waals surface area contributed by atoms with Gasteiger partial charge in [-0.1, -0.05) is 26.0 Å². The molecule has 2 rings (SSSR count). The van der Waals surface area contributed by atoms with Crippen LogP contribution in [0.4, 0.5) is 0 Å². The molecule has 1 aromatic carbocycles. The highest BCUT2D eigenvalue weighted by atomic mass is 16.5. The maximum absolute atomic E-state index is 5.99. The highest BCUT2D eigenvalue weighted by Crippen LogP contribution is 2.32. The maximum atomic E-state index is 5.99. The minimum Gasteiger partial charge on any atom is -0.490 e. The summed E-state index contributed by atoms with van der Waals surface area (Å²) in [7, 11) is 0. The largest absolute Gasteiger partial charge is 0.490 e. The number of furan rings is 1.